The molecule has 1 radical (unpaired) electrons. The maximum absolute atomic E-state index is 8.59. The van der Waals surface area contributed by atoms with Gasteiger partial charge in [0.25, 0.3) is 0 Å². The van der Waals surface area contributed by atoms with Crippen LogP contribution in [-0.4, -0.2) is 16.8 Å². The maximum Gasteiger partial charge on any atom is 0.0880 e. The average molecular weight is 117 g/mol. The summed E-state index contributed by atoms with van der Waals surface area (Å²) in [6.07, 6.45) is 0.764. The van der Waals surface area contributed by atoms with Crippen molar-refractivity contribution in [1.29, 1.82) is 0 Å². The summed E-state index contributed by atoms with van der Waals surface area (Å²) >= 11 is 0. The molecule has 0 spiro atoms. The summed E-state index contributed by atoms with van der Waals surface area (Å²) in [6, 6.07) is 0. The second-order valence-electron chi connectivity index (χ2n) is 2.29. The average Bonchev–Trinajstić information content (AvgIpc) is 1.87. The molecule has 49 valence electrons. The van der Waals surface area contributed by atoms with Crippen LogP contribution in [0.3, 0.4) is 0 Å². The Kier molecular flexibility index (Phi) is 3.02. The van der Waals surface area contributed by atoms with Gasteiger partial charge in [-0.25, -0.2) is 0 Å². The van der Waals surface area contributed by atoms with Crippen molar-refractivity contribution < 1.29 is 10.2 Å². The van der Waals surface area contributed by atoms with E-state index in [2.05, 4.69) is 0 Å². The molecule has 0 fully saturated rings. The standard InChI is InChI=1S/C6H13O2/c1-3-6(2,4-7)5-8/h4,7-8H,3,5H2,1-2H3. The van der Waals surface area contributed by atoms with Crippen molar-refractivity contribution in [3.8, 4) is 0 Å². The minimum absolute atomic E-state index is 0.0139. The SMILES string of the molecule is CCC(C)([CH]O)CO. The van der Waals surface area contributed by atoms with E-state index in [1.165, 1.54) is 0 Å². The van der Waals surface area contributed by atoms with E-state index in [1.54, 1.807) is 6.92 Å². The van der Waals surface area contributed by atoms with Gasteiger partial charge in [-0.2, -0.15) is 0 Å². The van der Waals surface area contributed by atoms with Gasteiger partial charge < -0.3 is 10.2 Å². The highest BCUT2D eigenvalue weighted by atomic mass is 16.3. The summed E-state index contributed by atoms with van der Waals surface area (Å²) in [5, 5.41) is 17.1. The van der Waals surface area contributed by atoms with Crippen molar-refractivity contribution in [2.45, 2.75) is 20.3 Å². The smallest absolute Gasteiger partial charge is 0.0880 e. The maximum atomic E-state index is 8.59. The molecule has 0 heterocycles. The van der Waals surface area contributed by atoms with E-state index in [1.807, 2.05) is 6.92 Å². The first-order valence-corrected chi connectivity index (χ1v) is 2.78. The van der Waals surface area contributed by atoms with E-state index in [0.29, 0.717) is 0 Å². The van der Waals surface area contributed by atoms with Gasteiger partial charge in [-0.05, 0) is 6.42 Å². The monoisotopic (exact) mass is 117 g/mol. The first kappa shape index (κ1) is 7.92. The largest absolute Gasteiger partial charge is 0.396 e. The zero-order chi connectivity index (χ0) is 6.62. The van der Waals surface area contributed by atoms with Crippen molar-refractivity contribution >= 4 is 0 Å². The normalized spacial score (nSPS) is 12.0. The summed E-state index contributed by atoms with van der Waals surface area (Å²) in [5.41, 5.74) is -0.389. The highest BCUT2D eigenvalue weighted by Gasteiger charge is 2.19. The Balaban J connectivity index is 3.58. The van der Waals surface area contributed by atoms with Gasteiger partial charge in [0.15, 0.2) is 0 Å². The van der Waals surface area contributed by atoms with Gasteiger partial charge >= 0.3 is 0 Å². The summed E-state index contributed by atoms with van der Waals surface area (Å²) in [4.78, 5) is 0. The zero-order valence-electron chi connectivity index (χ0n) is 5.39. The van der Waals surface area contributed by atoms with E-state index >= 15 is 0 Å². The molecule has 2 nitrogen and oxygen atoms in total. The van der Waals surface area contributed by atoms with Crippen LogP contribution in [0.4, 0.5) is 0 Å². The van der Waals surface area contributed by atoms with Crippen LogP contribution in [0.15, 0.2) is 0 Å². The molecule has 0 aromatic heterocycles. The van der Waals surface area contributed by atoms with Crippen molar-refractivity contribution in [2.24, 2.45) is 5.41 Å². The third kappa shape index (κ3) is 1.80. The fourth-order valence-electron chi connectivity index (χ4n) is 0.244. The van der Waals surface area contributed by atoms with Gasteiger partial charge in [0.2, 0.25) is 0 Å². The topological polar surface area (TPSA) is 40.5 Å². The Morgan fingerprint density at radius 3 is 2.12 bits per heavy atom. The number of hydrogen-bond acceptors (Lipinski definition) is 2. The van der Waals surface area contributed by atoms with E-state index in [0.717, 1.165) is 13.0 Å². The third-order valence-electron chi connectivity index (χ3n) is 1.48. The summed E-state index contributed by atoms with van der Waals surface area (Å²) in [6.45, 7) is 4.78. The number of rotatable bonds is 3. The predicted octanol–water partition coefficient (Wildman–Crippen LogP) is 0.929. The molecule has 0 aromatic rings. The molecule has 0 saturated carbocycles. The van der Waals surface area contributed by atoms with Gasteiger partial charge in [0, 0.05) is 5.41 Å². The molecule has 0 bridgehead atoms. The highest BCUT2D eigenvalue weighted by Crippen LogP contribution is 2.21. The highest BCUT2D eigenvalue weighted by molar-refractivity contribution is 4.77. The molecular formula is C6H13O2. The molecule has 1 atom stereocenters. The molecule has 2 heteroatoms. The molecule has 0 saturated heterocycles. The van der Waals surface area contributed by atoms with E-state index < -0.39 is 0 Å². The predicted molar refractivity (Wildman–Crippen MR) is 31.7 cm³/mol. The second-order valence-corrected chi connectivity index (χ2v) is 2.29. The molecule has 0 aliphatic heterocycles. The molecule has 0 aliphatic rings. The lowest BCUT2D eigenvalue weighted by Crippen LogP contribution is -2.20. The quantitative estimate of drug-likeness (QED) is 0.577. The van der Waals surface area contributed by atoms with Crippen LogP contribution in [0, 0.1) is 12.0 Å². The summed E-state index contributed by atoms with van der Waals surface area (Å²) < 4.78 is 0. The van der Waals surface area contributed by atoms with Crippen molar-refractivity contribution in [3.05, 3.63) is 6.61 Å². The van der Waals surface area contributed by atoms with E-state index in [-0.39, 0.29) is 12.0 Å². The fraction of sp³-hybridized carbons (Fsp3) is 0.833. The minimum atomic E-state index is -0.389. The van der Waals surface area contributed by atoms with Crippen LogP contribution in [0.2, 0.25) is 0 Å². The Morgan fingerprint density at radius 2 is 2.12 bits per heavy atom. The lowest BCUT2D eigenvalue weighted by molar-refractivity contribution is 0.115. The van der Waals surface area contributed by atoms with Crippen LogP contribution >= 0.6 is 0 Å². The lowest BCUT2D eigenvalue weighted by atomic mass is 9.90. The number of aliphatic hydroxyl groups is 2. The van der Waals surface area contributed by atoms with Crippen LogP contribution in [0.25, 0.3) is 0 Å². The Bertz CT molecular complexity index is 49.3. The lowest BCUT2D eigenvalue weighted by Gasteiger charge is -2.20. The summed E-state index contributed by atoms with van der Waals surface area (Å²) in [7, 11) is 0. The zero-order valence-corrected chi connectivity index (χ0v) is 5.39. The summed E-state index contributed by atoms with van der Waals surface area (Å²) in [5.74, 6) is 0. The van der Waals surface area contributed by atoms with Gasteiger partial charge in [-0.15, -0.1) is 0 Å². The van der Waals surface area contributed by atoms with Crippen molar-refractivity contribution in [3.63, 3.8) is 0 Å². The van der Waals surface area contributed by atoms with Crippen molar-refractivity contribution in [1.82, 2.24) is 0 Å². The third-order valence-corrected chi connectivity index (χ3v) is 1.48. The van der Waals surface area contributed by atoms with E-state index in [9.17, 15) is 0 Å². The van der Waals surface area contributed by atoms with Gasteiger partial charge in [-0.3, -0.25) is 0 Å². The Labute approximate surface area is 50.2 Å². The molecule has 2 N–H and O–H groups in total. The number of hydrogen-bond donors (Lipinski definition) is 2. The van der Waals surface area contributed by atoms with Gasteiger partial charge in [-0.1, -0.05) is 13.8 Å². The van der Waals surface area contributed by atoms with Crippen LogP contribution in [0.1, 0.15) is 20.3 Å². The molecule has 0 aromatic carbocycles. The van der Waals surface area contributed by atoms with Gasteiger partial charge in [0.1, 0.15) is 0 Å². The first-order valence-electron chi connectivity index (χ1n) is 2.78. The number of aliphatic hydroxyl groups excluding tert-OH is 2. The van der Waals surface area contributed by atoms with Crippen LogP contribution < -0.4 is 0 Å². The molecule has 8 heavy (non-hydrogen) atoms. The molecular weight excluding hydrogens is 104 g/mol. The van der Waals surface area contributed by atoms with Crippen LogP contribution in [0.5, 0.6) is 0 Å². The molecule has 0 aliphatic carbocycles. The first-order chi connectivity index (χ1) is 3.68. The van der Waals surface area contributed by atoms with Crippen molar-refractivity contribution in [2.75, 3.05) is 6.61 Å². The molecule has 1 unspecified atom stereocenters. The molecule has 0 amide bonds. The van der Waals surface area contributed by atoms with Gasteiger partial charge in [0.05, 0.1) is 13.2 Å². The second kappa shape index (κ2) is 3.05. The van der Waals surface area contributed by atoms with Crippen LogP contribution in [-0.2, 0) is 0 Å². The minimum Gasteiger partial charge on any atom is -0.396 e. The van der Waals surface area contributed by atoms with E-state index in [4.69, 9.17) is 10.2 Å². The Hall–Kier alpha value is -0.0800. The Morgan fingerprint density at radius 1 is 1.62 bits per heavy atom. The molecule has 0 rings (SSSR count). The fourth-order valence-corrected chi connectivity index (χ4v) is 0.244.